The van der Waals surface area contributed by atoms with Crippen molar-refractivity contribution >= 4 is 5.91 Å². The number of nitrogens with one attached hydrogen (secondary N) is 1. The number of hydrogen-bond donors (Lipinski definition) is 1. The molecule has 2 rings (SSSR count). The van der Waals surface area contributed by atoms with E-state index in [1.165, 1.54) is 6.42 Å². The number of amides is 1. The standard InChI is InChI=1S/C12H23N3O/c1-10-7-12(9-13-8-10)15-5-3-14(4-6-15)11(2)16/h10,12-13H,3-9H2,1-2H3. The van der Waals surface area contributed by atoms with Gasteiger partial charge in [0.2, 0.25) is 5.91 Å². The summed E-state index contributed by atoms with van der Waals surface area (Å²) < 4.78 is 0. The van der Waals surface area contributed by atoms with Crippen molar-refractivity contribution in [3.05, 3.63) is 0 Å². The Morgan fingerprint density at radius 2 is 1.88 bits per heavy atom. The minimum absolute atomic E-state index is 0.217. The van der Waals surface area contributed by atoms with Gasteiger partial charge in [0, 0.05) is 45.7 Å². The van der Waals surface area contributed by atoms with Gasteiger partial charge in [-0.3, -0.25) is 9.69 Å². The molecule has 0 aromatic rings. The van der Waals surface area contributed by atoms with E-state index in [0.29, 0.717) is 6.04 Å². The SMILES string of the molecule is CC(=O)N1CCN(C2CNCC(C)C2)CC1. The third kappa shape index (κ3) is 2.74. The van der Waals surface area contributed by atoms with Gasteiger partial charge in [-0.25, -0.2) is 0 Å². The second-order valence-corrected chi connectivity index (χ2v) is 5.19. The van der Waals surface area contributed by atoms with Crippen LogP contribution in [0.4, 0.5) is 0 Å². The van der Waals surface area contributed by atoms with Gasteiger partial charge >= 0.3 is 0 Å². The molecule has 2 fully saturated rings. The minimum Gasteiger partial charge on any atom is -0.340 e. The van der Waals surface area contributed by atoms with Crippen molar-refractivity contribution in [2.24, 2.45) is 5.92 Å². The van der Waals surface area contributed by atoms with E-state index in [-0.39, 0.29) is 5.91 Å². The topological polar surface area (TPSA) is 35.6 Å². The highest BCUT2D eigenvalue weighted by molar-refractivity contribution is 5.73. The van der Waals surface area contributed by atoms with Crippen LogP contribution in [0.2, 0.25) is 0 Å². The van der Waals surface area contributed by atoms with Crippen LogP contribution in [0.3, 0.4) is 0 Å². The zero-order valence-electron chi connectivity index (χ0n) is 10.4. The molecule has 4 nitrogen and oxygen atoms in total. The van der Waals surface area contributed by atoms with Gasteiger partial charge in [-0.05, 0) is 18.9 Å². The molecule has 0 aliphatic carbocycles. The van der Waals surface area contributed by atoms with E-state index in [2.05, 4.69) is 17.1 Å². The highest BCUT2D eigenvalue weighted by Crippen LogP contribution is 2.17. The maximum atomic E-state index is 11.2. The molecular formula is C12H23N3O. The predicted molar refractivity (Wildman–Crippen MR) is 64.3 cm³/mol. The van der Waals surface area contributed by atoms with Crippen LogP contribution in [0.25, 0.3) is 0 Å². The number of piperazine rings is 1. The lowest BCUT2D eigenvalue weighted by Gasteiger charge is -2.41. The van der Waals surface area contributed by atoms with Crippen LogP contribution >= 0.6 is 0 Å². The molecular weight excluding hydrogens is 202 g/mol. The van der Waals surface area contributed by atoms with E-state index in [1.54, 1.807) is 6.92 Å². The summed E-state index contributed by atoms with van der Waals surface area (Å²) in [5.41, 5.74) is 0. The molecule has 2 saturated heterocycles. The van der Waals surface area contributed by atoms with Crippen molar-refractivity contribution in [3.63, 3.8) is 0 Å². The number of carbonyl (C=O) groups is 1. The lowest BCUT2D eigenvalue weighted by molar-refractivity contribution is -0.131. The van der Waals surface area contributed by atoms with E-state index in [4.69, 9.17) is 0 Å². The van der Waals surface area contributed by atoms with Crippen molar-refractivity contribution in [2.45, 2.75) is 26.3 Å². The summed E-state index contributed by atoms with van der Waals surface area (Å²) in [5, 5.41) is 3.49. The van der Waals surface area contributed by atoms with Crippen LogP contribution in [0.5, 0.6) is 0 Å². The van der Waals surface area contributed by atoms with Gasteiger partial charge in [0.15, 0.2) is 0 Å². The molecule has 0 bridgehead atoms. The Bertz CT molecular complexity index is 249. The Morgan fingerprint density at radius 1 is 1.19 bits per heavy atom. The van der Waals surface area contributed by atoms with Crippen LogP contribution in [0, 0.1) is 5.92 Å². The molecule has 2 aliphatic heterocycles. The fourth-order valence-electron chi connectivity index (χ4n) is 2.81. The number of hydrogen-bond acceptors (Lipinski definition) is 3. The molecule has 1 N–H and O–H groups in total. The minimum atomic E-state index is 0.217. The zero-order chi connectivity index (χ0) is 11.5. The average molecular weight is 225 g/mol. The Labute approximate surface area is 98.0 Å². The Kier molecular flexibility index (Phi) is 3.82. The number of nitrogens with zero attached hydrogens (tertiary/aromatic N) is 2. The first-order chi connectivity index (χ1) is 7.66. The molecule has 2 heterocycles. The molecule has 0 spiro atoms. The Balaban J connectivity index is 1.81. The van der Waals surface area contributed by atoms with E-state index < -0.39 is 0 Å². The summed E-state index contributed by atoms with van der Waals surface area (Å²) >= 11 is 0. The second kappa shape index (κ2) is 5.15. The molecule has 2 unspecified atom stereocenters. The van der Waals surface area contributed by atoms with Gasteiger partial charge in [-0.1, -0.05) is 6.92 Å². The molecule has 0 aromatic carbocycles. The van der Waals surface area contributed by atoms with Gasteiger partial charge in [0.05, 0.1) is 0 Å². The number of rotatable bonds is 1. The monoisotopic (exact) mass is 225 g/mol. The smallest absolute Gasteiger partial charge is 0.219 e. The van der Waals surface area contributed by atoms with E-state index >= 15 is 0 Å². The summed E-state index contributed by atoms with van der Waals surface area (Å²) in [6, 6.07) is 0.679. The van der Waals surface area contributed by atoms with Gasteiger partial charge < -0.3 is 10.2 Å². The molecule has 1 amide bonds. The fourth-order valence-corrected chi connectivity index (χ4v) is 2.81. The molecule has 4 heteroatoms. The highest BCUT2D eigenvalue weighted by atomic mass is 16.2. The third-order valence-electron chi connectivity index (χ3n) is 3.82. The first kappa shape index (κ1) is 11.9. The average Bonchev–Trinajstić information content (AvgIpc) is 2.29. The van der Waals surface area contributed by atoms with Crippen molar-refractivity contribution in [1.29, 1.82) is 0 Å². The van der Waals surface area contributed by atoms with E-state index in [9.17, 15) is 4.79 Å². The number of piperidine rings is 1. The number of carbonyl (C=O) groups excluding carboxylic acids is 1. The second-order valence-electron chi connectivity index (χ2n) is 5.19. The molecule has 2 aliphatic rings. The van der Waals surface area contributed by atoms with Crippen molar-refractivity contribution < 1.29 is 4.79 Å². The van der Waals surface area contributed by atoms with Crippen LogP contribution in [-0.4, -0.2) is 61.0 Å². The van der Waals surface area contributed by atoms with Crippen molar-refractivity contribution in [3.8, 4) is 0 Å². The molecule has 92 valence electrons. The Hall–Kier alpha value is -0.610. The Morgan fingerprint density at radius 3 is 2.44 bits per heavy atom. The van der Waals surface area contributed by atoms with Crippen LogP contribution < -0.4 is 5.32 Å². The molecule has 0 saturated carbocycles. The van der Waals surface area contributed by atoms with Gasteiger partial charge in [-0.2, -0.15) is 0 Å². The summed E-state index contributed by atoms with van der Waals surface area (Å²) in [7, 11) is 0. The summed E-state index contributed by atoms with van der Waals surface area (Å²) in [4.78, 5) is 15.7. The highest BCUT2D eigenvalue weighted by Gasteiger charge is 2.27. The van der Waals surface area contributed by atoms with Gasteiger partial charge in [0.25, 0.3) is 0 Å². The predicted octanol–water partition coefficient (Wildman–Crippen LogP) is 0.149. The van der Waals surface area contributed by atoms with Crippen molar-refractivity contribution in [2.75, 3.05) is 39.3 Å². The lowest BCUT2D eigenvalue weighted by atomic mass is 9.96. The molecule has 0 aromatic heterocycles. The van der Waals surface area contributed by atoms with Gasteiger partial charge in [0.1, 0.15) is 0 Å². The third-order valence-corrected chi connectivity index (χ3v) is 3.82. The normalized spacial score (nSPS) is 32.8. The summed E-state index contributed by atoms with van der Waals surface area (Å²) in [6.07, 6.45) is 1.30. The first-order valence-electron chi connectivity index (χ1n) is 6.37. The van der Waals surface area contributed by atoms with E-state index in [1.807, 2.05) is 4.90 Å². The zero-order valence-corrected chi connectivity index (χ0v) is 10.4. The van der Waals surface area contributed by atoms with Gasteiger partial charge in [-0.15, -0.1) is 0 Å². The largest absolute Gasteiger partial charge is 0.340 e. The molecule has 2 atom stereocenters. The maximum Gasteiger partial charge on any atom is 0.219 e. The fraction of sp³-hybridized carbons (Fsp3) is 0.917. The lowest BCUT2D eigenvalue weighted by Crippen LogP contribution is -2.56. The molecule has 16 heavy (non-hydrogen) atoms. The van der Waals surface area contributed by atoms with Crippen LogP contribution in [0.1, 0.15) is 20.3 Å². The summed E-state index contributed by atoms with van der Waals surface area (Å²) in [6.45, 7) is 10.1. The first-order valence-corrected chi connectivity index (χ1v) is 6.37. The quantitative estimate of drug-likeness (QED) is 0.690. The maximum absolute atomic E-state index is 11.2. The van der Waals surface area contributed by atoms with Crippen molar-refractivity contribution in [1.82, 2.24) is 15.1 Å². The van der Waals surface area contributed by atoms with E-state index in [0.717, 1.165) is 45.2 Å². The molecule has 0 radical (unpaired) electrons. The van der Waals surface area contributed by atoms with Crippen LogP contribution in [-0.2, 0) is 4.79 Å². The van der Waals surface area contributed by atoms with Crippen LogP contribution in [0.15, 0.2) is 0 Å². The summed E-state index contributed by atoms with van der Waals surface area (Å²) in [5.74, 6) is 0.999.